The summed E-state index contributed by atoms with van der Waals surface area (Å²) in [5.74, 6) is -1.34. The Morgan fingerprint density at radius 2 is 1.52 bits per heavy atom. The highest BCUT2D eigenvalue weighted by atomic mass is 32.2. The van der Waals surface area contributed by atoms with Crippen LogP contribution in [0.5, 0.6) is 0 Å². The predicted octanol–water partition coefficient (Wildman–Crippen LogP) is -0.549. The Labute approximate surface area is 148 Å². The van der Waals surface area contributed by atoms with Crippen LogP contribution in [-0.4, -0.2) is 57.9 Å². The fraction of sp³-hybridized carbons (Fsp3) is 0.500. The third-order valence-corrected chi connectivity index (χ3v) is 4.69. The summed E-state index contributed by atoms with van der Waals surface area (Å²) in [6.45, 7) is 7.25. The average Bonchev–Trinajstić information content (AvgIpc) is 2.58. The molecule has 0 unspecified atom stereocenters. The molecule has 0 aromatic heterocycles. The Kier molecular flexibility index (Phi) is 8.53. The molecule has 0 aliphatic rings. The molecule has 0 heterocycles. The molecule has 9 heteroatoms. The highest BCUT2D eigenvalue weighted by molar-refractivity contribution is 7.89. The normalized spacial score (nSPS) is 11.4. The minimum atomic E-state index is -3.71. The number of hydrogen-bond donors (Lipinski definition) is 3. The maximum absolute atomic E-state index is 11.7. The van der Waals surface area contributed by atoms with Crippen LogP contribution in [-0.2, 0) is 26.0 Å². The van der Waals surface area contributed by atoms with Crippen LogP contribution in [0.25, 0.3) is 0 Å². The number of benzene rings is 1. The van der Waals surface area contributed by atoms with Gasteiger partial charge in [0.05, 0.1) is 4.90 Å². The Balaban J connectivity index is 2.33. The molecule has 1 aromatic rings. The summed E-state index contributed by atoms with van der Waals surface area (Å²) in [7, 11) is -3.71. The van der Waals surface area contributed by atoms with Gasteiger partial charge in [0, 0.05) is 19.6 Å². The number of carbonyl (C=O) groups excluding carboxylic acids is 2. The first kappa shape index (κ1) is 21.1. The number of primary sulfonamides is 1. The maximum atomic E-state index is 11.7. The van der Waals surface area contributed by atoms with E-state index in [4.69, 9.17) is 5.14 Å². The molecule has 1 aromatic carbocycles. The summed E-state index contributed by atoms with van der Waals surface area (Å²) in [6.07, 6.45) is 0.476. The number of rotatable bonds is 9. The molecule has 0 saturated heterocycles. The summed E-state index contributed by atoms with van der Waals surface area (Å²) < 4.78 is 22.3. The van der Waals surface area contributed by atoms with Crippen molar-refractivity contribution < 1.29 is 18.0 Å². The van der Waals surface area contributed by atoms with Crippen LogP contribution < -0.4 is 15.8 Å². The lowest BCUT2D eigenvalue weighted by molar-refractivity contribution is -0.139. The second-order valence-corrected chi connectivity index (χ2v) is 7.04. The van der Waals surface area contributed by atoms with E-state index in [2.05, 4.69) is 15.5 Å². The zero-order valence-corrected chi connectivity index (χ0v) is 15.4. The van der Waals surface area contributed by atoms with E-state index in [9.17, 15) is 18.0 Å². The zero-order chi connectivity index (χ0) is 18.9. The highest BCUT2D eigenvalue weighted by Crippen LogP contribution is 2.08. The molecular formula is C16H26N4O4S. The molecule has 2 amide bonds. The molecule has 0 fully saturated rings. The number of likely N-dealkylation sites (N-methyl/N-ethyl adjacent to an activating group) is 1. The van der Waals surface area contributed by atoms with Crippen LogP contribution in [0.4, 0.5) is 0 Å². The van der Waals surface area contributed by atoms with Gasteiger partial charge in [-0.05, 0) is 37.2 Å². The lowest BCUT2D eigenvalue weighted by Crippen LogP contribution is -2.43. The summed E-state index contributed by atoms with van der Waals surface area (Å²) in [4.78, 5) is 25.6. The molecule has 1 rings (SSSR count). The van der Waals surface area contributed by atoms with E-state index in [0.29, 0.717) is 19.5 Å². The van der Waals surface area contributed by atoms with Crippen molar-refractivity contribution in [3.63, 3.8) is 0 Å². The van der Waals surface area contributed by atoms with Crippen LogP contribution >= 0.6 is 0 Å². The number of nitrogens with zero attached hydrogens (tertiary/aromatic N) is 1. The second kappa shape index (κ2) is 10.1. The van der Waals surface area contributed by atoms with Crippen LogP contribution in [0.2, 0.25) is 0 Å². The Morgan fingerprint density at radius 3 is 2.00 bits per heavy atom. The van der Waals surface area contributed by atoms with Crippen LogP contribution in [0.15, 0.2) is 29.2 Å². The van der Waals surface area contributed by atoms with Gasteiger partial charge in [-0.2, -0.15) is 0 Å². The van der Waals surface area contributed by atoms with E-state index in [-0.39, 0.29) is 11.4 Å². The molecule has 0 spiro atoms. The van der Waals surface area contributed by atoms with Gasteiger partial charge in [0.2, 0.25) is 10.0 Å². The smallest absolute Gasteiger partial charge is 0.309 e. The van der Waals surface area contributed by atoms with E-state index in [0.717, 1.165) is 18.7 Å². The average molecular weight is 370 g/mol. The zero-order valence-electron chi connectivity index (χ0n) is 14.6. The lowest BCUT2D eigenvalue weighted by atomic mass is 10.1. The Morgan fingerprint density at radius 1 is 1.00 bits per heavy atom. The van der Waals surface area contributed by atoms with Gasteiger partial charge in [0.15, 0.2) is 0 Å². The van der Waals surface area contributed by atoms with Gasteiger partial charge >= 0.3 is 11.8 Å². The van der Waals surface area contributed by atoms with Crippen LogP contribution in [0.1, 0.15) is 19.4 Å². The summed E-state index contributed by atoms with van der Waals surface area (Å²) in [5.41, 5.74) is 0.828. The minimum Gasteiger partial charge on any atom is -0.348 e. The topological polar surface area (TPSA) is 122 Å². The fourth-order valence-electron chi connectivity index (χ4n) is 2.19. The number of nitrogens with one attached hydrogen (secondary N) is 2. The first-order valence-electron chi connectivity index (χ1n) is 8.18. The van der Waals surface area contributed by atoms with Gasteiger partial charge in [-0.3, -0.25) is 9.59 Å². The SMILES string of the molecule is CCN(CC)CCNC(=O)C(=O)NCCc1ccc(S(N)(=O)=O)cc1. The minimum absolute atomic E-state index is 0.0351. The van der Waals surface area contributed by atoms with E-state index < -0.39 is 21.8 Å². The van der Waals surface area contributed by atoms with E-state index in [1.165, 1.54) is 12.1 Å². The lowest BCUT2D eigenvalue weighted by Gasteiger charge is -2.17. The summed E-state index contributed by atoms with van der Waals surface area (Å²) in [6, 6.07) is 6.06. The van der Waals surface area contributed by atoms with E-state index in [1.54, 1.807) is 12.1 Å². The van der Waals surface area contributed by atoms with Crippen LogP contribution in [0.3, 0.4) is 0 Å². The van der Waals surface area contributed by atoms with Gasteiger partial charge in [0.25, 0.3) is 0 Å². The van der Waals surface area contributed by atoms with Crippen molar-refractivity contribution >= 4 is 21.8 Å². The molecule has 0 bridgehead atoms. The molecule has 25 heavy (non-hydrogen) atoms. The van der Waals surface area contributed by atoms with Gasteiger partial charge in [-0.25, -0.2) is 13.6 Å². The Hall–Kier alpha value is -1.97. The number of nitrogens with two attached hydrogens (primary N) is 1. The Bertz CT molecular complexity index is 670. The van der Waals surface area contributed by atoms with Gasteiger partial charge in [-0.15, -0.1) is 0 Å². The molecule has 0 aliphatic carbocycles. The number of hydrogen-bond acceptors (Lipinski definition) is 5. The predicted molar refractivity (Wildman–Crippen MR) is 95.3 cm³/mol. The van der Waals surface area contributed by atoms with Crippen molar-refractivity contribution in [3.05, 3.63) is 29.8 Å². The number of carbonyl (C=O) groups is 2. The van der Waals surface area contributed by atoms with Crippen molar-refractivity contribution in [2.24, 2.45) is 5.14 Å². The molecule has 4 N–H and O–H groups in total. The monoisotopic (exact) mass is 370 g/mol. The van der Waals surface area contributed by atoms with Crippen molar-refractivity contribution in [1.82, 2.24) is 15.5 Å². The molecular weight excluding hydrogens is 344 g/mol. The maximum Gasteiger partial charge on any atom is 0.309 e. The van der Waals surface area contributed by atoms with Crippen molar-refractivity contribution in [2.75, 3.05) is 32.7 Å². The number of amides is 2. The second-order valence-electron chi connectivity index (χ2n) is 5.48. The molecule has 8 nitrogen and oxygen atoms in total. The molecule has 140 valence electrons. The van der Waals surface area contributed by atoms with Gasteiger partial charge in [0.1, 0.15) is 0 Å². The highest BCUT2D eigenvalue weighted by Gasteiger charge is 2.12. The first-order chi connectivity index (χ1) is 11.8. The van der Waals surface area contributed by atoms with Crippen molar-refractivity contribution in [2.45, 2.75) is 25.2 Å². The summed E-state index contributed by atoms with van der Waals surface area (Å²) >= 11 is 0. The standard InChI is InChI=1S/C16H26N4O4S/c1-3-20(4-2)12-11-19-16(22)15(21)18-10-9-13-5-7-14(8-6-13)25(17,23)24/h5-8H,3-4,9-12H2,1-2H3,(H,18,21)(H,19,22)(H2,17,23,24). The van der Waals surface area contributed by atoms with Crippen molar-refractivity contribution in [3.8, 4) is 0 Å². The number of sulfonamides is 1. The largest absolute Gasteiger partial charge is 0.348 e. The summed E-state index contributed by atoms with van der Waals surface area (Å²) in [5, 5.41) is 10.1. The third-order valence-electron chi connectivity index (χ3n) is 3.77. The molecule has 0 atom stereocenters. The van der Waals surface area contributed by atoms with E-state index >= 15 is 0 Å². The first-order valence-corrected chi connectivity index (χ1v) is 9.72. The fourth-order valence-corrected chi connectivity index (χ4v) is 2.71. The molecule has 0 saturated carbocycles. The molecule has 0 aliphatic heterocycles. The van der Waals surface area contributed by atoms with Gasteiger partial charge < -0.3 is 15.5 Å². The van der Waals surface area contributed by atoms with Gasteiger partial charge in [-0.1, -0.05) is 26.0 Å². The quantitative estimate of drug-likeness (QED) is 0.504. The van der Waals surface area contributed by atoms with E-state index in [1.807, 2.05) is 13.8 Å². The molecule has 0 radical (unpaired) electrons. The third kappa shape index (κ3) is 7.63. The van der Waals surface area contributed by atoms with Crippen molar-refractivity contribution in [1.29, 1.82) is 0 Å². The van der Waals surface area contributed by atoms with Crippen LogP contribution in [0, 0.1) is 0 Å².